The molecule has 2 fully saturated rings. The van der Waals surface area contributed by atoms with Crippen LogP contribution in [0, 0.1) is 11.7 Å². The van der Waals surface area contributed by atoms with Gasteiger partial charge in [0.05, 0.1) is 24.3 Å². The molecule has 1 N–H and O–H groups in total. The minimum atomic E-state index is -0.467. The van der Waals surface area contributed by atoms with Gasteiger partial charge in [-0.15, -0.1) is 0 Å². The fourth-order valence-electron chi connectivity index (χ4n) is 5.31. The molecule has 2 aliphatic heterocycles. The maximum atomic E-state index is 13.5. The number of hydrogen-bond donors (Lipinski definition) is 1. The maximum Gasteiger partial charge on any atom is 0.162 e. The third kappa shape index (κ3) is 5.29. The summed E-state index contributed by atoms with van der Waals surface area (Å²) in [5.74, 6) is 2.18. The first kappa shape index (κ1) is 24.0. The molecule has 0 spiro atoms. The fourth-order valence-corrected chi connectivity index (χ4v) is 5.49. The van der Waals surface area contributed by atoms with Gasteiger partial charge in [0.15, 0.2) is 11.5 Å². The summed E-state index contributed by atoms with van der Waals surface area (Å²) in [5.41, 5.74) is 1.34. The standard InChI is InChI=1S/C26H31ClFN5O2/c1-32-9-6-17-15-33(10-7-23(17)32)8-3-11-35-25-13-19-22(14-24(25)34-2)29-16-30-26(19)31-18-4-5-21(28)20(27)12-18/h4-5,12-14,16-17,23H,3,6-11,15H2,1-2H3,(H,29,30,31). The van der Waals surface area contributed by atoms with E-state index in [0.29, 0.717) is 35.1 Å². The molecule has 2 atom stereocenters. The van der Waals surface area contributed by atoms with Crippen LogP contribution in [0.1, 0.15) is 19.3 Å². The second-order valence-corrected chi connectivity index (χ2v) is 9.79. The van der Waals surface area contributed by atoms with E-state index in [1.807, 2.05) is 12.1 Å². The molecule has 2 aliphatic rings. The van der Waals surface area contributed by atoms with Crippen LogP contribution < -0.4 is 14.8 Å². The Labute approximate surface area is 210 Å². The number of piperidine rings is 1. The molecule has 0 bridgehead atoms. The third-order valence-electron chi connectivity index (χ3n) is 7.18. The van der Waals surface area contributed by atoms with E-state index in [1.54, 1.807) is 13.2 Å². The van der Waals surface area contributed by atoms with Crippen LogP contribution in [-0.2, 0) is 0 Å². The molecule has 0 radical (unpaired) electrons. The zero-order valence-electron chi connectivity index (χ0n) is 20.1. The third-order valence-corrected chi connectivity index (χ3v) is 7.47. The van der Waals surface area contributed by atoms with Gasteiger partial charge in [0.2, 0.25) is 0 Å². The van der Waals surface area contributed by atoms with Crippen molar-refractivity contribution in [3.8, 4) is 11.5 Å². The lowest BCUT2D eigenvalue weighted by Gasteiger charge is -2.37. The summed E-state index contributed by atoms with van der Waals surface area (Å²) in [6.07, 6.45) is 4.99. The number of likely N-dealkylation sites (tertiary alicyclic amines) is 2. The second-order valence-electron chi connectivity index (χ2n) is 9.38. The van der Waals surface area contributed by atoms with Gasteiger partial charge < -0.3 is 24.6 Å². The largest absolute Gasteiger partial charge is 0.493 e. The normalized spacial score (nSPS) is 20.7. The Kier molecular flexibility index (Phi) is 7.22. The molecule has 5 rings (SSSR count). The molecule has 0 saturated carbocycles. The first-order chi connectivity index (χ1) is 17.0. The second kappa shape index (κ2) is 10.5. The van der Waals surface area contributed by atoms with E-state index >= 15 is 0 Å². The summed E-state index contributed by atoms with van der Waals surface area (Å²) in [7, 11) is 3.88. The van der Waals surface area contributed by atoms with Gasteiger partial charge in [0, 0.05) is 36.3 Å². The highest BCUT2D eigenvalue weighted by atomic mass is 35.5. The molecule has 3 heterocycles. The van der Waals surface area contributed by atoms with E-state index in [0.717, 1.165) is 36.9 Å². The summed E-state index contributed by atoms with van der Waals surface area (Å²) in [6.45, 7) is 5.20. The molecule has 35 heavy (non-hydrogen) atoms. The van der Waals surface area contributed by atoms with E-state index < -0.39 is 5.82 Å². The highest BCUT2D eigenvalue weighted by Gasteiger charge is 2.35. The van der Waals surface area contributed by atoms with Crippen molar-refractivity contribution in [3.05, 3.63) is 47.5 Å². The molecule has 3 aromatic rings. The summed E-state index contributed by atoms with van der Waals surface area (Å²) in [6, 6.07) is 8.96. The molecule has 9 heteroatoms. The van der Waals surface area contributed by atoms with E-state index in [9.17, 15) is 4.39 Å². The van der Waals surface area contributed by atoms with E-state index in [4.69, 9.17) is 21.1 Å². The number of ether oxygens (including phenoxy) is 2. The molecule has 186 valence electrons. The van der Waals surface area contributed by atoms with Gasteiger partial charge >= 0.3 is 0 Å². The molecule has 2 saturated heterocycles. The minimum Gasteiger partial charge on any atom is -0.493 e. The highest BCUT2D eigenvalue weighted by molar-refractivity contribution is 6.31. The van der Waals surface area contributed by atoms with Crippen molar-refractivity contribution in [2.75, 3.05) is 52.3 Å². The van der Waals surface area contributed by atoms with Crippen molar-refractivity contribution < 1.29 is 13.9 Å². The fraction of sp³-hybridized carbons (Fsp3) is 0.462. The number of anilines is 2. The van der Waals surface area contributed by atoms with Crippen molar-refractivity contribution in [1.82, 2.24) is 19.8 Å². The van der Waals surface area contributed by atoms with Crippen LogP contribution in [0.4, 0.5) is 15.9 Å². The van der Waals surface area contributed by atoms with Crippen molar-refractivity contribution in [3.63, 3.8) is 0 Å². The Morgan fingerprint density at radius 3 is 2.86 bits per heavy atom. The summed E-state index contributed by atoms with van der Waals surface area (Å²) in [5, 5.41) is 4.02. The van der Waals surface area contributed by atoms with Crippen LogP contribution in [0.5, 0.6) is 11.5 Å². The summed E-state index contributed by atoms with van der Waals surface area (Å²) >= 11 is 5.93. The Morgan fingerprint density at radius 2 is 2.03 bits per heavy atom. The van der Waals surface area contributed by atoms with Crippen LogP contribution in [0.3, 0.4) is 0 Å². The van der Waals surface area contributed by atoms with Gasteiger partial charge in [-0.3, -0.25) is 0 Å². The Balaban J connectivity index is 1.25. The number of benzene rings is 2. The number of aromatic nitrogens is 2. The number of nitrogens with zero attached hydrogens (tertiary/aromatic N) is 4. The van der Waals surface area contributed by atoms with Gasteiger partial charge in [0.1, 0.15) is 18.0 Å². The number of methoxy groups -OCH3 is 1. The summed E-state index contributed by atoms with van der Waals surface area (Å²) < 4.78 is 25.3. The van der Waals surface area contributed by atoms with Crippen molar-refractivity contribution in [2.45, 2.75) is 25.3 Å². The molecule has 1 aromatic heterocycles. The van der Waals surface area contributed by atoms with Crippen molar-refractivity contribution >= 4 is 34.0 Å². The van der Waals surface area contributed by atoms with Gasteiger partial charge in [-0.1, -0.05) is 11.6 Å². The quantitative estimate of drug-likeness (QED) is 0.439. The van der Waals surface area contributed by atoms with Gasteiger partial charge in [-0.05, 0) is 69.6 Å². The molecule has 2 aromatic carbocycles. The summed E-state index contributed by atoms with van der Waals surface area (Å²) in [4.78, 5) is 13.8. The lowest BCUT2D eigenvalue weighted by molar-refractivity contribution is 0.118. The first-order valence-corrected chi connectivity index (χ1v) is 12.5. The number of fused-ring (bicyclic) bond motifs is 2. The molecule has 2 unspecified atom stereocenters. The monoisotopic (exact) mass is 499 g/mol. The predicted octanol–water partition coefficient (Wildman–Crippen LogP) is 4.97. The van der Waals surface area contributed by atoms with Crippen LogP contribution in [0.15, 0.2) is 36.7 Å². The topological polar surface area (TPSA) is 62.8 Å². The zero-order chi connectivity index (χ0) is 24.4. The predicted molar refractivity (Wildman–Crippen MR) is 136 cm³/mol. The van der Waals surface area contributed by atoms with E-state index in [-0.39, 0.29) is 5.02 Å². The van der Waals surface area contributed by atoms with Crippen LogP contribution in [-0.4, -0.2) is 72.8 Å². The number of halogens is 2. The van der Waals surface area contributed by atoms with E-state index in [2.05, 4.69) is 32.1 Å². The van der Waals surface area contributed by atoms with Crippen LogP contribution in [0.2, 0.25) is 5.02 Å². The first-order valence-electron chi connectivity index (χ1n) is 12.1. The van der Waals surface area contributed by atoms with E-state index in [1.165, 1.54) is 44.4 Å². The number of hydrogen-bond acceptors (Lipinski definition) is 7. The SMILES string of the molecule is COc1cc2ncnc(Nc3ccc(F)c(Cl)c3)c2cc1OCCCN1CCC2C(CCN2C)C1. The van der Waals surface area contributed by atoms with Crippen molar-refractivity contribution in [1.29, 1.82) is 0 Å². The Bertz CT molecular complexity index is 1200. The average molecular weight is 500 g/mol. The maximum absolute atomic E-state index is 13.5. The smallest absolute Gasteiger partial charge is 0.162 e. The van der Waals surface area contributed by atoms with Gasteiger partial charge in [-0.2, -0.15) is 0 Å². The lowest BCUT2D eigenvalue weighted by atomic mass is 9.93. The van der Waals surface area contributed by atoms with Crippen LogP contribution in [0.25, 0.3) is 10.9 Å². The molecular formula is C26H31ClFN5O2. The molecule has 7 nitrogen and oxygen atoms in total. The number of rotatable bonds is 8. The number of nitrogens with one attached hydrogen (secondary N) is 1. The average Bonchev–Trinajstić information content (AvgIpc) is 3.24. The minimum absolute atomic E-state index is 0.0447. The van der Waals surface area contributed by atoms with Gasteiger partial charge in [-0.25, -0.2) is 14.4 Å². The highest BCUT2D eigenvalue weighted by Crippen LogP contribution is 2.35. The Hall–Kier alpha value is -2.68. The van der Waals surface area contributed by atoms with Crippen LogP contribution >= 0.6 is 11.6 Å². The molecule has 0 amide bonds. The Morgan fingerprint density at radius 1 is 1.14 bits per heavy atom. The lowest BCUT2D eigenvalue weighted by Crippen LogP contribution is -2.45. The zero-order valence-corrected chi connectivity index (χ0v) is 20.9. The van der Waals surface area contributed by atoms with Gasteiger partial charge in [0.25, 0.3) is 0 Å². The molecular weight excluding hydrogens is 469 g/mol. The molecule has 0 aliphatic carbocycles. The van der Waals surface area contributed by atoms with Crippen molar-refractivity contribution in [2.24, 2.45) is 5.92 Å².